The van der Waals surface area contributed by atoms with Gasteiger partial charge in [-0.05, 0) is 67.8 Å². The zero-order valence-corrected chi connectivity index (χ0v) is 10.6. The summed E-state index contributed by atoms with van der Waals surface area (Å²) < 4.78 is 1.32. The van der Waals surface area contributed by atoms with Crippen molar-refractivity contribution in [3.63, 3.8) is 0 Å². The highest BCUT2D eigenvalue weighted by atomic mass is 79.9. The second kappa shape index (κ2) is 5.13. The molecule has 0 heterocycles. The molecule has 0 spiro atoms. The van der Waals surface area contributed by atoms with E-state index < -0.39 is 0 Å². The molecule has 82 valence electrons. The topological polar surface area (TPSA) is 26.0 Å². The van der Waals surface area contributed by atoms with E-state index in [9.17, 15) is 0 Å². The first-order valence-corrected chi connectivity index (χ1v) is 6.61. The molecule has 0 saturated carbocycles. The fourth-order valence-electron chi connectivity index (χ4n) is 2.33. The van der Waals surface area contributed by atoms with E-state index in [1.807, 2.05) is 0 Å². The molecule has 0 saturated heterocycles. The van der Waals surface area contributed by atoms with Crippen LogP contribution < -0.4 is 5.73 Å². The molecule has 1 aliphatic rings. The second-order valence-corrected chi connectivity index (χ2v) is 5.17. The molecule has 15 heavy (non-hydrogen) atoms. The maximum atomic E-state index is 5.50. The molecule has 2 heteroatoms. The Kier molecular flexibility index (Phi) is 3.81. The van der Waals surface area contributed by atoms with Crippen LogP contribution >= 0.6 is 15.9 Å². The van der Waals surface area contributed by atoms with Gasteiger partial charge in [-0.15, -0.1) is 0 Å². The van der Waals surface area contributed by atoms with Gasteiger partial charge in [-0.3, -0.25) is 0 Å². The number of benzene rings is 1. The minimum atomic E-state index is 0.812. The summed E-state index contributed by atoms with van der Waals surface area (Å²) in [6, 6.07) is 4.68. The van der Waals surface area contributed by atoms with Gasteiger partial charge >= 0.3 is 0 Å². The summed E-state index contributed by atoms with van der Waals surface area (Å²) in [4.78, 5) is 0. The zero-order valence-electron chi connectivity index (χ0n) is 9.06. The lowest BCUT2D eigenvalue weighted by Crippen LogP contribution is -1.99. The molecule has 0 unspecified atom stereocenters. The van der Waals surface area contributed by atoms with Crippen molar-refractivity contribution in [2.75, 3.05) is 6.54 Å². The molecule has 0 bridgehead atoms. The normalized spacial score (nSPS) is 14.3. The summed E-state index contributed by atoms with van der Waals surface area (Å²) >= 11 is 3.68. The molecule has 0 fully saturated rings. The van der Waals surface area contributed by atoms with Gasteiger partial charge in [-0.25, -0.2) is 0 Å². The number of hydrogen-bond donors (Lipinski definition) is 1. The molecule has 0 aromatic heterocycles. The van der Waals surface area contributed by atoms with Gasteiger partial charge in [0.2, 0.25) is 0 Å². The van der Waals surface area contributed by atoms with E-state index in [1.165, 1.54) is 47.7 Å². The molecular formula is C13H18BrN. The minimum absolute atomic E-state index is 0.812. The Morgan fingerprint density at radius 3 is 2.87 bits per heavy atom. The number of unbranched alkanes of at least 4 members (excludes halogenated alkanes) is 1. The fraction of sp³-hybridized carbons (Fsp3) is 0.538. The number of nitrogens with two attached hydrogens (primary N) is 1. The van der Waals surface area contributed by atoms with E-state index in [-0.39, 0.29) is 0 Å². The third-order valence-electron chi connectivity index (χ3n) is 3.14. The third kappa shape index (κ3) is 2.61. The van der Waals surface area contributed by atoms with E-state index in [1.54, 1.807) is 5.56 Å². The number of halogens is 1. The third-order valence-corrected chi connectivity index (χ3v) is 3.85. The molecule has 0 aliphatic heterocycles. The summed E-state index contributed by atoms with van der Waals surface area (Å²) in [6.07, 6.45) is 7.34. The van der Waals surface area contributed by atoms with Gasteiger partial charge in [0.05, 0.1) is 0 Å². The average molecular weight is 268 g/mol. The van der Waals surface area contributed by atoms with Crippen LogP contribution in [-0.4, -0.2) is 6.54 Å². The lowest BCUT2D eigenvalue weighted by Gasteiger charge is -2.07. The maximum Gasteiger partial charge on any atom is 0.0212 e. The number of fused-ring (bicyclic) bond motifs is 1. The highest BCUT2D eigenvalue weighted by Gasteiger charge is 2.14. The van der Waals surface area contributed by atoms with E-state index in [4.69, 9.17) is 5.73 Å². The fourth-order valence-corrected chi connectivity index (χ4v) is 3.08. The number of aryl methyl sites for hydroxylation is 2. The monoisotopic (exact) mass is 267 g/mol. The molecule has 0 radical (unpaired) electrons. The van der Waals surface area contributed by atoms with Gasteiger partial charge in [-0.2, -0.15) is 0 Å². The largest absolute Gasteiger partial charge is 0.330 e. The van der Waals surface area contributed by atoms with E-state index in [2.05, 4.69) is 28.1 Å². The summed E-state index contributed by atoms with van der Waals surface area (Å²) in [7, 11) is 0. The number of hydrogen-bond acceptors (Lipinski definition) is 1. The van der Waals surface area contributed by atoms with Crippen molar-refractivity contribution in [3.05, 3.63) is 33.3 Å². The molecular weight excluding hydrogens is 250 g/mol. The Bertz CT molecular complexity index is 347. The van der Waals surface area contributed by atoms with Crippen LogP contribution in [0.4, 0.5) is 0 Å². The quantitative estimate of drug-likeness (QED) is 0.834. The molecule has 1 nitrogen and oxygen atoms in total. The van der Waals surface area contributed by atoms with Crippen LogP contribution in [-0.2, 0) is 19.3 Å². The first kappa shape index (κ1) is 11.2. The Hall–Kier alpha value is -0.340. The molecule has 1 aromatic carbocycles. The Morgan fingerprint density at radius 2 is 2.07 bits per heavy atom. The Labute approximate surface area is 100 Å². The average Bonchev–Trinajstić information content (AvgIpc) is 2.66. The number of rotatable bonds is 4. The minimum Gasteiger partial charge on any atom is -0.330 e. The van der Waals surface area contributed by atoms with Crippen LogP contribution in [0, 0.1) is 0 Å². The van der Waals surface area contributed by atoms with Crippen molar-refractivity contribution >= 4 is 15.9 Å². The van der Waals surface area contributed by atoms with Gasteiger partial charge in [0.1, 0.15) is 0 Å². The van der Waals surface area contributed by atoms with E-state index >= 15 is 0 Å². The van der Waals surface area contributed by atoms with Gasteiger partial charge < -0.3 is 5.73 Å². The van der Waals surface area contributed by atoms with Crippen molar-refractivity contribution in [1.82, 2.24) is 0 Å². The van der Waals surface area contributed by atoms with Crippen molar-refractivity contribution in [2.45, 2.75) is 38.5 Å². The predicted octanol–water partition coefficient (Wildman–Crippen LogP) is 3.22. The molecule has 1 aromatic rings. The van der Waals surface area contributed by atoms with Crippen LogP contribution in [0.3, 0.4) is 0 Å². The highest BCUT2D eigenvalue weighted by Crippen LogP contribution is 2.30. The summed E-state index contributed by atoms with van der Waals surface area (Å²) in [5.74, 6) is 0. The maximum absolute atomic E-state index is 5.50. The first-order valence-electron chi connectivity index (χ1n) is 5.81. The molecule has 1 aliphatic carbocycles. The summed E-state index contributed by atoms with van der Waals surface area (Å²) in [6.45, 7) is 0.812. The Morgan fingerprint density at radius 1 is 1.20 bits per heavy atom. The summed E-state index contributed by atoms with van der Waals surface area (Å²) in [5.41, 5.74) is 10.1. The van der Waals surface area contributed by atoms with Gasteiger partial charge in [0.25, 0.3) is 0 Å². The van der Waals surface area contributed by atoms with Crippen molar-refractivity contribution in [1.29, 1.82) is 0 Å². The van der Waals surface area contributed by atoms with Crippen molar-refractivity contribution < 1.29 is 0 Å². The van der Waals surface area contributed by atoms with Crippen LogP contribution in [0.15, 0.2) is 16.6 Å². The van der Waals surface area contributed by atoms with Crippen molar-refractivity contribution in [2.24, 2.45) is 5.73 Å². The van der Waals surface area contributed by atoms with Gasteiger partial charge in [-0.1, -0.05) is 22.0 Å². The van der Waals surface area contributed by atoms with E-state index in [0.29, 0.717) is 0 Å². The highest BCUT2D eigenvalue weighted by molar-refractivity contribution is 9.10. The first-order chi connectivity index (χ1) is 7.31. The Balaban J connectivity index is 2.09. The second-order valence-electron chi connectivity index (χ2n) is 4.31. The van der Waals surface area contributed by atoms with Gasteiger partial charge in [0, 0.05) is 4.47 Å². The molecule has 2 rings (SSSR count). The lowest BCUT2D eigenvalue weighted by molar-refractivity contribution is 0.744. The lowest BCUT2D eigenvalue weighted by atomic mass is 10.0. The van der Waals surface area contributed by atoms with Crippen molar-refractivity contribution in [3.8, 4) is 0 Å². The van der Waals surface area contributed by atoms with Crippen LogP contribution in [0.5, 0.6) is 0 Å². The molecule has 2 N–H and O–H groups in total. The van der Waals surface area contributed by atoms with Gasteiger partial charge in [0.15, 0.2) is 0 Å². The molecule has 0 atom stereocenters. The van der Waals surface area contributed by atoms with Crippen LogP contribution in [0.1, 0.15) is 36.0 Å². The van der Waals surface area contributed by atoms with E-state index in [0.717, 1.165) is 13.0 Å². The zero-order chi connectivity index (χ0) is 10.7. The molecule has 0 amide bonds. The SMILES string of the molecule is NCCCCc1cc(Br)c2c(c1)CCC2. The standard InChI is InChI=1S/C13H18BrN/c14-13-9-10(4-1-2-7-15)8-11-5-3-6-12(11)13/h8-9H,1-7,15H2. The summed E-state index contributed by atoms with van der Waals surface area (Å²) in [5, 5.41) is 0. The van der Waals surface area contributed by atoms with Crippen LogP contribution in [0.2, 0.25) is 0 Å². The predicted molar refractivity (Wildman–Crippen MR) is 68.2 cm³/mol. The van der Waals surface area contributed by atoms with Crippen LogP contribution in [0.25, 0.3) is 0 Å². The smallest absolute Gasteiger partial charge is 0.0212 e.